The molecule has 0 saturated carbocycles. The van der Waals surface area contributed by atoms with E-state index in [1.807, 2.05) is 60.7 Å². The van der Waals surface area contributed by atoms with Gasteiger partial charge in [-0.2, -0.15) is 9.97 Å². The third-order valence-corrected chi connectivity index (χ3v) is 10.9. The highest BCUT2D eigenvalue weighted by atomic mass is 16.3. The van der Waals surface area contributed by atoms with Crippen LogP contribution < -0.4 is 0 Å². The molecular formula is C48H29N5O2. The van der Waals surface area contributed by atoms with Crippen molar-refractivity contribution in [3.8, 4) is 40.0 Å². The fraction of sp³-hybridized carbons (Fsp3) is 0.0208. The number of pyridine rings is 1. The van der Waals surface area contributed by atoms with Gasteiger partial charge in [0.25, 0.3) is 0 Å². The molecule has 0 N–H and O–H groups in total. The molecule has 0 unspecified atom stereocenters. The molecule has 0 aliphatic heterocycles. The van der Waals surface area contributed by atoms with Crippen LogP contribution >= 0.6 is 0 Å². The predicted octanol–water partition coefficient (Wildman–Crippen LogP) is 12.3. The first-order chi connectivity index (χ1) is 27.2. The third-order valence-electron chi connectivity index (χ3n) is 10.9. The minimum absolute atomic E-state index is 0.520. The minimum Gasteiger partial charge on any atom is -0.456 e. The van der Waals surface area contributed by atoms with Crippen LogP contribution in [0.15, 0.2) is 167 Å². The van der Waals surface area contributed by atoms with Crippen molar-refractivity contribution in [1.29, 1.82) is 0 Å². The van der Waals surface area contributed by atoms with Crippen molar-refractivity contribution in [3.63, 3.8) is 0 Å². The van der Waals surface area contributed by atoms with E-state index in [9.17, 15) is 0 Å². The Labute approximate surface area is 313 Å². The van der Waals surface area contributed by atoms with Gasteiger partial charge in [0.1, 0.15) is 22.3 Å². The molecule has 55 heavy (non-hydrogen) atoms. The molecule has 0 bridgehead atoms. The van der Waals surface area contributed by atoms with Gasteiger partial charge in [-0.1, -0.05) is 115 Å². The third kappa shape index (κ3) is 4.23. The smallest absolute Gasteiger partial charge is 0.238 e. The second-order valence-corrected chi connectivity index (χ2v) is 14.0. The van der Waals surface area contributed by atoms with Crippen LogP contribution in [0.2, 0.25) is 0 Å². The van der Waals surface area contributed by atoms with Crippen molar-refractivity contribution in [2.24, 2.45) is 0 Å². The molecule has 0 saturated heterocycles. The van der Waals surface area contributed by atoms with Crippen molar-refractivity contribution in [2.75, 3.05) is 0 Å². The standard InChI is InChI=1S/C48H29N5O2/c1-28-14-11-23-36-43-30-17-5-8-22-35(30)53(45(43)44(52(28)36)29-15-3-2-4-16-29)48-50-46(33-20-12-26-39-41(33)31-18-6-9-24-37(31)54-39)49-47(51-48)34-21-13-27-40-42(34)32-19-7-10-25-38(32)55-40/h2-27H,1H3. The van der Waals surface area contributed by atoms with Crippen LogP contribution in [-0.4, -0.2) is 23.9 Å². The van der Waals surface area contributed by atoms with E-state index in [0.29, 0.717) is 17.6 Å². The number of fused-ring (bicyclic) bond motifs is 11. The Kier molecular flexibility index (Phi) is 6.13. The SMILES string of the molecule is Cc1cccc2c3c4ccccc4n(-c4nc(-c5cccc6oc7ccccc7c56)nc(-c5cccc6oc7ccccc7c56)n4)c3c(-c3ccccc3)n12. The van der Waals surface area contributed by atoms with Gasteiger partial charge < -0.3 is 13.2 Å². The van der Waals surface area contributed by atoms with Crippen LogP contribution in [-0.2, 0) is 0 Å². The minimum atomic E-state index is 0.520. The zero-order valence-electron chi connectivity index (χ0n) is 29.6. The van der Waals surface area contributed by atoms with E-state index in [2.05, 4.69) is 113 Å². The molecule has 258 valence electrons. The first-order valence-corrected chi connectivity index (χ1v) is 18.4. The summed E-state index contributed by atoms with van der Waals surface area (Å²) in [5.74, 6) is 1.62. The molecule has 12 aromatic rings. The molecule has 7 nitrogen and oxygen atoms in total. The Balaban J connectivity index is 1.26. The highest BCUT2D eigenvalue weighted by Gasteiger charge is 2.27. The topological polar surface area (TPSA) is 74.3 Å². The van der Waals surface area contributed by atoms with Crippen LogP contribution in [0.1, 0.15) is 5.69 Å². The highest BCUT2D eigenvalue weighted by Crippen LogP contribution is 2.44. The summed E-state index contributed by atoms with van der Waals surface area (Å²) >= 11 is 0. The molecule has 6 heterocycles. The van der Waals surface area contributed by atoms with E-state index < -0.39 is 0 Å². The number of hydrogen-bond donors (Lipinski definition) is 0. The molecule has 0 spiro atoms. The molecule has 0 aliphatic rings. The lowest BCUT2D eigenvalue weighted by Gasteiger charge is -2.13. The first-order valence-electron chi connectivity index (χ1n) is 18.4. The molecule has 6 aromatic heterocycles. The highest BCUT2D eigenvalue weighted by molar-refractivity contribution is 6.21. The number of hydrogen-bond acceptors (Lipinski definition) is 5. The second kappa shape index (κ2) is 11.2. The van der Waals surface area contributed by atoms with Gasteiger partial charge >= 0.3 is 0 Å². The van der Waals surface area contributed by atoms with Gasteiger partial charge in [-0.25, -0.2) is 4.98 Å². The lowest BCUT2D eigenvalue weighted by molar-refractivity contribution is 0.668. The second-order valence-electron chi connectivity index (χ2n) is 14.0. The van der Waals surface area contributed by atoms with Crippen LogP contribution in [0.25, 0.3) is 111 Å². The predicted molar refractivity (Wildman–Crippen MR) is 221 cm³/mol. The number of benzene rings is 6. The summed E-state index contributed by atoms with van der Waals surface area (Å²) in [5, 5.41) is 6.21. The number of aromatic nitrogens is 5. The van der Waals surface area contributed by atoms with E-state index >= 15 is 0 Å². The van der Waals surface area contributed by atoms with Crippen molar-refractivity contribution in [2.45, 2.75) is 6.92 Å². The Morgan fingerprint density at radius 3 is 1.62 bits per heavy atom. The molecule has 0 fully saturated rings. The molecule has 0 amide bonds. The summed E-state index contributed by atoms with van der Waals surface area (Å²) < 4.78 is 17.3. The van der Waals surface area contributed by atoms with E-state index in [1.54, 1.807) is 0 Å². The normalized spacial score (nSPS) is 12.1. The molecular weight excluding hydrogens is 679 g/mol. The lowest BCUT2D eigenvalue weighted by Crippen LogP contribution is -2.07. The average molecular weight is 708 g/mol. The van der Waals surface area contributed by atoms with Gasteiger partial charge in [0.2, 0.25) is 5.95 Å². The summed E-state index contributed by atoms with van der Waals surface area (Å²) in [6.07, 6.45) is 0. The van der Waals surface area contributed by atoms with Crippen molar-refractivity contribution in [3.05, 3.63) is 163 Å². The van der Waals surface area contributed by atoms with Gasteiger partial charge in [-0.15, -0.1) is 0 Å². The first kappa shape index (κ1) is 30.0. The van der Waals surface area contributed by atoms with E-state index in [-0.39, 0.29) is 0 Å². The molecule has 0 radical (unpaired) electrons. The van der Waals surface area contributed by atoms with Gasteiger partial charge in [0.05, 0.1) is 22.2 Å². The Bertz CT molecular complexity index is 3380. The van der Waals surface area contributed by atoms with Crippen molar-refractivity contribution < 1.29 is 8.83 Å². The molecule has 7 heteroatoms. The van der Waals surface area contributed by atoms with Gasteiger partial charge in [-0.05, 0) is 49.4 Å². The van der Waals surface area contributed by atoms with Crippen molar-refractivity contribution >= 4 is 71.2 Å². The van der Waals surface area contributed by atoms with E-state index in [1.165, 1.54) is 0 Å². The van der Waals surface area contributed by atoms with Gasteiger partial charge in [-0.3, -0.25) is 4.57 Å². The average Bonchev–Trinajstić information content (AvgIpc) is 3.99. The summed E-state index contributed by atoms with van der Waals surface area (Å²) in [5.41, 5.74) is 11.4. The van der Waals surface area contributed by atoms with E-state index in [0.717, 1.165) is 99.3 Å². The van der Waals surface area contributed by atoms with Crippen LogP contribution in [0.4, 0.5) is 0 Å². The maximum Gasteiger partial charge on any atom is 0.238 e. The molecule has 6 aromatic carbocycles. The number of furan rings is 2. The number of nitrogens with zero attached hydrogens (tertiary/aromatic N) is 5. The van der Waals surface area contributed by atoms with Gasteiger partial charge in [0, 0.05) is 54.7 Å². The maximum absolute atomic E-state index is 6.36. The summed E-state index contributed by atoms with van der Waals surface area (Å²) in [7, 11) is 0. The van der Waals surface area contributed by atoms with Gasteiger partial charge in [0.15, 0.2) is 11.6 Å². The van der Waals surface area contributed by atoms with Crippen LogP contribution in [0, 0.1) is 6.92 Å². The quantitative estimate of drug-likeness (QED) is 0.182. The number of para-hydroxylation sites is 3. The fourth-order valence-electron chi connectivity index (χ4n) is 8.64. The largest absolute Gasteiger partial charge is 0.456 e. The van der Waals surface area contributed by atoms with Crippen LogP contribution in [0.5, 0.6) is 0 Å². The zero-order chi connectivity index (χ0) is 36.2. The Hall–Kier alpha value is -7.51. The Morgan fingerprint density at radius 1 is 0.436 bits per heavy atom. The summed E-state index contributed by atoms with van der Waals surface area (Å²) in [4.78, 5) is 16.2. The summed E-state index contributed by atoms with van der Waals surface area (Å²) in [6.45, 7) is 2.16. The Morgan fingerprint density at radius 2 is 0.964 bits per heavy atom. The number of rotatable bonds is 4. The fourth-order valence-corrected chi connectivity index (χ4v) is 8.64. The molecule has 0 aliphatic carbocycles. The molecule has 12 rings (SSSR count). The lowest BCUT2D eigenvalue weighted by atomic mass is 10.0. The van der Waals surface area contributed by atoms with E-state index in [4.69, 9.17) is 23.8 Å². The summed E-state index contributed by atoms with van der Waals surface area (Å²) in [6, 6.07) is 54.1. The zero-order valence-corrected chi connectivity index (χ0v) is 29.6. The maximum atomic E-state index is 6.36. The van der Waals surface area contributed by atoms with Crippen molar-refractivity contribution in [1.82, 2.24) is 23.9 Å². The molecule has 0 atom stereocenters. The van der Waals surface area contributed by atoms with Crippen LogP contribution in [0.3, 0.4) is 0 Å². The monoisotopic (exact) mass is 707 g/mol. The number of aryl methyl sites for hydroxylation is 1.